The Bertz CT molecular complexity index is 615. The summed E-state index contributed by atoms with van der Waals surface area (Å²) >= 11 is 1.50. The molecule has 0 aliphatic carbocycles. The van der Waals surface area contributed by atoms with Crippen LogP contribution in [0.1, 0.15) is 19.8 Å². The Hall–Kier alpha value is -1.73. The van der Waals surface area contributed by atoms with Crippen molar-refractivity contribution in [3.05, 3.63) is 18.2 Å². The maximum absolute atomic E-state index is 12.4. The first kappa shape index (κ1) is 17.1. The van der Waals surface area contributed by atoms with Crippen molar-refractivity contribution in [2.24, 2.45) is 5.92 Å². The quantitative estimate of drug-likeness (QED) is 0.782. The molecule has 2 aliphatic rings. The van der Waals surface area contributed by atoms with E-state index >= 15 is 0 Å². The Morgan fingerprint density at radius 3 is 2.92 bits per heavy atom. The zero-order valence-corrected chi connectivity index (χ0v) is 14.7. The van der Waals surface area contributed by atoms with Gasteiger partial charge in [-0.1, -0.05) is 6.92 Å². The highest BCUT2D eigenvalue weighted by atomic mass is 32.2. The van der Waals surface area contributed by atoms with E-state index in [0.29, 0.717) is 11.7 Å². The van der Waals surface area contributed by atoms with Gasteiger partial charge < -0.3 is 20.9 Å². The summed E-state index contributed by atoms with van der Waals surface area (Å²) < 4.78 is 0. The van der Waals surface area contributed by atoms with E-state index in [4.69, 9.17) is 0 Å². The molecule has 0 saturated carbocycles. The van der Waals surface area contributed by atoms with Gasteiger partial charge in [-0.05, 0) is 50.0 Å². The number of thioether (sulfide) groups is 1. The lowest BCUT2D eigenvalue weighted by atomic mass is 9.97. The van der Waals surface area contributed by atoms with Crippen molar-refractivity contribution >= 4 is 35.1 Å². The van der Waals surface area contributed by atoms with E-state index in [9.17, 15) is 9.59 Å². The first-order valence-corrected chi connectivity index (χ1v) is 9.47. The molecule has 0 spiro atoms. The van der Waals surface area contributed by atoms with E-state index in [1.807, 2.05) is 23.1 Å². The van der Waals surface area contributed by atoms with E-state index in [-0.39, 0.29) is 11.9 Å². The minimum absolute atomic E-state index is 0.0183. The molecule has 2 aliphatic heterocycles. The molecule has 6 nitrogen and oxygen atoms in total. The van der Waals surface area contributed by atoms with Crippen molar-refractivity contribution in [1.29, 1.82) is 0 Å². The number of fused-ring (bicyclic) bond motifs is 1. The summed E-state index contributed by atoms with van der Waals surface area (Å²) in [4.78, 5) is 26.7. The fourth-order valence-corrected chi connectivity index (χ4v) is 3.89. The van der Waals surface area contributed by atoms with E-state index < -0.39 is 0 Å². The third kappa shape index (κ3) is 4.21. The van der Waals surface area contributed by atoms with Crippen molar-refractivity contribution < 1.29 is 9.59 Å². The number of rotatable bonds is 4. The largest absolute Gasteiger partial charge is 0.325 e. The first-order valence-electron chi connectivity index (χ1n) is 8.49. The number of nitrogens with zero attached hydrogens (tertiary/aromatic N) is 1. The number of piperidine rings is 1. The molecule has 0 unspecified atom stereocenters. The molecule has 3 amide bonds. The summed E-state index contributed by atoms with van der Waals surface area (Å²) in [6.45, 7) is 5.76. The monoisotopic (exact) mass is 348 g/mol. The minimum atomic E-state index is -0.0401. The van der Waals surface area contributed by atoms with Gasteiger partial charge in [-0.25, -0.2) is 4.79 Å². The van der Waals surface area contributed by atoms with Crippen LogP contribution in [0.15, 0.2) is 23.1 Å². The highest BCUT2D eigenvalue weighted by Gasteiger charge is 2.23. The van der Waals surface area contributed by atoms with Crippen LogP contribution in [0.25, 0.3) is 0 Å². The average molecular weight is 348 g/mol. The third-order valence-corrected chi connectivity index (χ3v) is 5.51. The number of carbonyl (C=O) groups excluding carboxylic acids is 2. The molecule has 130 valence electrons. The van der Waals surface area contributed by atoms with Crippen LogP contribution in [0, 0.1) is 5.92 Å². The SMILES string of the molecule is CCNCC1CCN(C(=O)Nc2ccc3c(c2)SCC(=O)N3)CC1. The summed E-state index contributed by atoms with van der Waals surface area (Å²) in [6.07, 6.45) is 2.10. The normalized spacial score (nSPS) is 18.0. The maximum atomic E-state index is 12.4. The first-order chi connectivity index (χ1) is 11.7. The van der Waals surface area contributed by atoms with Gasteiger partial charge in [0, 0.05) is 23.7 Å². The second kappa shape index (κ2) is 7.90. The molecule has 1 fully saturated rings. The van der Waals surface area contributed by atoms with E-state index in [2.05, 4.69) is 22.9 Å². The molecule has 0 aromatic heterocycles. The number of carbonyl (C=O) groups is 2. The van der Waals surface area contributed by atoms with Crippen LogP contribution >= 0.6 is 11.8 Å². The van der Waals surface area contributed by atoms with Crippen LogP contribution in [-0.4, -0.2) is 48.8 Å². The zero-order valence-electron chi connectivity index (χ0n) is 13.9. The summed E-state index contributed by atoms with van der Waals surface area (Å²) in [6, 6.07) is 5.56. The highest BCUT2D eigenvalue weighted by molar-refractivity contribution is 8.00. The smallest absolute Gasteiger partial charge is 0.321 e. The summed E-state index contributed by atoms with van der Waals surface area (Å²) in [7, 11) is 0. The predicted molar refractivity (Wildman–Crippen MR) is 97.7 cm³/mol. The number of hydrogen-bond acceptors (Lipinski definition) is 4. The lowest BCUT2D eigenvalue weighted by Crippen LogP contribution is -2.42. The fourth-order valence-electron chi connectivity index (χ4n) is 3.04. The molecule has 0 radical (unpaired) electrons. The van der Waals surface area contributed by atoms with Crippen LogP contribution in [0.3, 0.4) is 0 Å². The summed E-state index contributed by atoms with van der Waals surface area (Å²) in [5.41, 5.74) is 1.59. The second-order valence-corrected chi connectivity index (χ2v) is 7.23. The van der Waals surface area contributed by atoms with Crippen molar-refractivity contribution in [2.75, 3.05) is 42.6 Å². The van der Waals surface area contributed by atoms with Crippen molar-refractivity contribution in [1.82, 2.24) is 10.2 Å². The second-order valence-electron chi connectivity index (χ2n) is 6.22. The van der Waals surface area contributed by atoms with Crippen molar-refractivity contribution in [3.63, 3.8) is 0 Å². The van der Waals surface area contributed by atoms with Gasteiger partial charge in [0.1, 0.15) is 0 Å². The van der Waals surface area contributed by atoms with Crippen LogP contribution in [-0.2, 0) is 4.79 Å². The molecular formula is C17H24N4O2S. The molecule has 24 heavy (non-hydrogen) atoms. The Morgan fingerprint density at radius 2 is 2.17 bits per heavy atom. The number of likely N-dealkylation sites (tertiary alicyclic amines) is 1. The lowest BCUT2D eigenvalue weighted by Gasteiger charge is -2.32. The van der Waals surface area contributed by atoms with E-state index in [1.54, 1.807) is 0 Å². The van der Waals surface area contributed by atoms with Gasteiger partial charge in [0.15, 0.2) is 0 Å². The van der Waals surface area contributed by atoms with Gasteiger partial charge in [0.25, 0.3) is 0 Å². The van der Waals surface area contributed by atoms with Crippen LogP contribution in [0.2, 0.25) is 0 Å². The van der Waals surface area contributed by atoms with Crippen LogP contribution in [0.4, 0.5) is 16.2 Å². The molecule has 7 heteroatoms. The maximum Gasteiger partial charge on any atom is 0.321 e. The molecule has 0 bridgehead atoms. The molecule has 3 N–H and O–H groups in total. The predicted octanol–water partition coefficient (Wildman–Crippen LogP) is 2.58. The van der Waals surface area contributed by atoms with Crippen LogP contribution < -0.4 is 16.0 Å². The number of amides is 3. The molecule has 3 rings (SSSR count). The number of hydrogen-bond donors (Lipinski definition) is 3. The molecule has 0 atom stereocenters. The van der Waals surface area contributed by atoms with E-state index in [1.165, 1.54) is 11.8 Å². The third-order valence-electron chi connectivity index (χ3n) is 4.45. The Morgan fingerprint density at radius 1 is 1.38 bits per heavy atom. The minimum Gasteiger partial charge on any atom is -0.325 e. The van der Waals surface area contributed by atoms with Gasteiger partial charge >= 0.3 is 6.03 Å². The van der Waals surface area contributed by atoms with Gasteiger partial charge in [0.2, 0.25) is 5.91 Å². The molecule has 1 aromatic carbocycles. The topological polar surface area (TPSA) is 73.5 Å². The molecular weight excluding hydrogens is 324 g/mol. The van der Waals surface area contributed by atoms with Crippen molar-refractivity contribution in [2.45, 2.75) is 24.7 Å². The average Bonchev–Trinajstić information content (AvgIpc) is 2.60. The van der Waals surface area contributed by atoms with Crippen LogP contribution in [0.5, 0.6) is 0 Å². The lowest BCUT2D eigenvalue weighted by molar-refractivity contribution is -0.113. The summed E-state index contributed by atoms with van der Waals surface area (Å²) in [5, 5.41) is 9.20. The summed E-state index contributed by atoms with van der Waals surface area (Å²) in [5.74, 6) is 1.10. The molecule has 2 heterocycles. The molecule has 1 aromatic rings. The number of urea groups is 1. The number of nitrogens with one attached hydrogen (secondary N) is 3. The highest BCUT2D eigenvalue weighted by Crippen LogP contribution is 2.33. The van der Waals surface area contributed by atoms with Crippen molar-refractivity contribution in [3.8, 4) is 0 Å². The Kier molecular flexibility index (Phi) is 5.63. The molecule has 1 saturated heterocycles. The zero-order chi connectivity index (χ0) is 16.9. The number of benzene rings is 1. The standard InChI is InChI=1S/C17H24N4O2S/c1-2-18-10-12-5-7-21(8-6-12)17(23)19-13-3-4-14-15(9-13)24-11-16(22)20-14/h3-4,9,12,18H,2,5-8,10-11H2,1H3,(H,19,23)(H,20,22). The van der Waals surface area contributed by atoms with E-state index in [0.717, 1.165) is 55.3 Å². The van der Waals surface area contributed by atoms with Gasteiger partial charge in [0.05, 0.1) is 11.4 Å². The number of anilines is 2. The van der Waals surface area contributed by atoms with Gasteiger partial charge in [-0.2, -0.15) is 0 Å². The Balaban J connectivity index is 1.53. The van der Waals surface area contributed by atoms with Gasteiger partial charge in [-0.3, -0.25) is 4.79 Å². The fraction of sp³-hybridized carbons (Fsp3) is 0.529. The van der Waals surface area contributed by atoms with Gasteiger partial charge in [-0.15, -0.1) is 11.8 Å². The Labute approximate surface area is 146 Å².